The van der Waals surface area contributed by atoms with Gasteiger partial charge in [-0.15, -0.1) is 0 Å². The molecule has 1 aliphatic heterocycles. The van der Waals surface area contributed by atoms with E-state index in [9.17, 15) is 4.79 Å². The molecule has 7 heteroatoms. The molecule has 0 bridgehead atoms. The zero-order valence-corrected chi connectivity index (χ0v) is 14.0. The van der Waals surface area contributed by atoms with Crippen LogP contribution < -0.4 is 5.32 Å². The molecule has 0 radical (unpaired) electrons. The van der Waals surface area contributed by atoms with Crippen molar-refractivity contribution in [3.8, 4) is 0 Å². The van der Waals surface area contributed by atoms with Crippen molar-refractivity contribution in [2.75, 3.05) is 0 Å². The van der Waals surface area contributed by atoms with E-state index in [0.717, 1.165) is 5.76 Å². The van der Waals surface area contributed by atoms with Crippen molar-refractivity contribution in [3.05, 3.63) is 69.5 Å². The number of carbonyl (C=O) groups is 1. The first-order chi connectivity index (χ1) is 11.1. The van der Waals surface area contributed by atoms with Crippen LogP contribution in [-0.2, 0) is 4.79 Å². The Morgan fingerprint density at radius 1 is 1.22 bits per heavy atom. The lowest BCUT2D eigenvalue weighted by Gasteiger charge is -1.98. The summed E-state index contributed by atoms with van der Waals surface area (Å²) in [6.07, 6.45) is 6.82. The summed E-state index contributed by atoms with van der Waals surface area (Å²) in [5.41, 5.74) is 0.620. The number of hydrogen-bond acceptors (Lipinski definition) is 4. The molecule has 1 saturated heterocycles. The monoisotopic (exact) mass is 364 g/mol. The highest BCUT2D eigenvalue weighted by atomic mass is 35.5. The van der Waals surface area contributed by atoms with Crippen molar-refractivity contribution < 1.29 is 9.21 Å². The van der Waals surface area contributed by atoms with E-state index in [1.165, 1.54) is 11.8 Å². The van der Waals surface area contributed by atoms with E-state index in [2.05, 4.69) is 10.3 Å². The highest BCUT2D eigenvalue weighted by molar-refractivity contribution is 8.18. The number of allylic oxidation sites excluding steroid dienone is 2. The molecule has 2 heterocycles. The van der Waals surface area contributed by atoms with Gasteiger partial charge in [0.1, 0.15) is 5.76 Å². The average molecular weight is 365 g/mol. The second-order valence-corrected chi connectivity index (χ2v) is 6.32. The second kappa shape index (κ2) is 7.08. The smallest absolute Gasteiger partial charge is 0.264 e. The van der Waals surface area contributed by atoms with Gasteiger partial charge < -0.3 is 9.73 Å². The van der Waals surface area contributed by atoms with Gasteiger partial charge in [0.15, 0.2) is 5.17 Å². The lowest BCUT2D eigenvalue weighted by atomic mass is 10.3. The van der Waals surface area contributed by atoms with Gasteiger partial charge in [-0.05, 0) is 54.2 Å². The fourth-order valence-electron chi connectivity index (χ4n) is 1.78. The summed E-state index contributed by atoms with van der Waals surface area (Å²) in [6.45, 7) is 0. The quantitative estimate of drug-likeness (QED) is 0.776. The molecule has 1 fully saturated rings. The van der Waals surface area contributed by atoms with Crippen LogP contribution >= 0.6 is 35.0 Å². The Bertz CT molecular complexity index is 827. The summed E-state index contributed by atoms with van der Waals surface area (Å²) in [7, 11) is 0. The summed E-state index contributed by atoms with van der Waals surface area (Å²) < 4.78 is 5.18. The number of nitrogens with one attached hydrogen (secondary N) is 1. The topological polar surface area (TPSA) is 54.6 Å². The average Bonchev–Trinajstić information content (AvgIpc) is 3.14. The van der Waals surface area contributed by atoms with Crippen molar-refractivity contribution in [2.24, 2.45) is 4.99 Å². The van der Waals surface area contributed by atoms with Crippen LogP contribution in [-0.4, -0.2) is 11.1 Å². The van der Waals surface area contributed by atoms with Gasteiger partial charge in [-0.2, -0.15) is 0 Å². The van der Waals surface area contributed by atoms with Crippen molar-refractivity contribution in [1.29, 1.82) is 0 Å². The van der Waals surface area contributed by atoms with Crippen LogP contribution in [0.1, 0.15) is 5.76 Å². The van der Waals surface area contributed by atoms with E-state index in [0.29, 0.717) is 25.8 Å². The normalized spacial score (nSPS) is 18.3. The van der Waals surface area contributed by atoms with Gasteiger partial charge >= 0.3 is 0 Å². The van der Waals surface area contributed by atoms with Crippen LogP contribution in [0.5, 0.6) is 0 Å². The molecule has 1 aromatic heterocycles. The Morgan fingerprint density at radius 3 is 2.83 bits per heavy atom. The van der Waals surface area contributed by atoms with E-state index in [4.69, 9.17) is 27.6 Å². The molecule has 0 saturated carbocycles. The number of carbonyl (C=O) groups excluding carboxylic acids is 1. The molecule has 1 N–H and O–H groups in total. The largest absolute Gasteiger partial charge is 0.465 e. The Balaban J connectivity index is 1.73. The van der Waals surface area contributed by atoms with Crippen LogP contribution in [0, 0.1) is 0 Å². The molecule has 4 nitrogen and oxygen atoms in total. The third-order valence-corrected chi connectivity index (χ3v) is 4.50. The maximum absolute atomic E-state index is 11.9. The maximum atomic E-state index is 11.9. The first kappa shape index (κ1) is 15.9. The fourth-order valence-corrected chi connectivity index (χ4v) is 2.87. The predicted octanol–water partition coefficient (Wildman–Crippen LogP) is 5.03. The number of benzene rings is 1. The first-order valence-electron chi connectivity index (χ1n) is 6.56. The molecule has 0 atom stereocenters. The summed E-state index contributed by atoms with van der Waals surface area (Å²) in [6, 6.07) is 8.65. The Morgan fingerprint density at radius 2 is 2.09 bits per heavy atom. The first-order valence-corrected chi connectivity index (χ1v) is 8.14. The van der Waals surface area contributed by atoms with Gasteiger partial charge in [-0.1, -0.05) is 29.3 Å². The minimum absolute atomic E-state index is 0.196. The van der Waals surface area contributed by atoms with Gasteiger partial charge in [-0.3, -0.25) is 4.79 Å². The summed E-state index contributed by atoms with van der Waals surface area (Å²) in [5.74, 6) is 0.521. The minimum atomic E-state index is -0.196. The molecule has 1 aliphatic rings. The highest BCUT2D eigenvalue weighted by Gasteiger charge is 2.23. The highest BCUT2D eigenvalue weighted by Crippen LogP contribution is 2.30. The van der Waals surface area contributed by atoms with Crippen LogP contribution in [0.15, 0.2) is 63.1 Å². The van der Waals surface area contributed by atoms with Crippen molar-refractivity contribution in [1.82, 2.24) is 5.32 Å². The SMILES string of the molecule is O=C1NC(=Nc2ccc(Cl)c(Cl)c2)SC1=CC=Cc1ccco1. The van der Waals surface area contributed by atoms with Gasteiger partial charge in [-0.25, -0.2) is 4.99 Å². The van der Waals surface area contributed by atoms with Gasteiger partial charge in [0.2, 0.25) is 0 Å². The molecule has 1 amide bonds. The third-order valence-electron chi connectivity index (χ3n) is 2.84. The van der Waals surface area contributed by atoms with Crippen molar-refractivity contribution in [3.63, 3.8) is 0 Å². The van der Waals surface area contributed by atoms with Gasteiger partial charge in [0, 0.05) is 0 Å². The number of aliphatic imine (C=N–C) groups is 1. The predicted molar refractivity (Wildman–Crippen MR) is 95.1 cm³/mol. The van der Waals surface area contributed by atoms with E-state index in [1.807, 2.05) is 6.07 Å². The number of rotatable bonds is 3. The molecule has 116 valence electrons. The number of nitrogens with zero attached hydrogens (tertiary/aromatic N) is 1. The lowest BCUT2D eigenvalue weighted by Crippen LogP contribution is -2.19. The molecule has 2 aromatic rings. The zero-order valence-electron chi connectivity index (χ0n) is 11.6. The minimum Gasteiger partial charge on any atom is -0.465 e. The van der Waals surface area contributed by atoms with Crippen LogP contribution in [0.25, 0.3) is 6.08 Å². The van der Waals surface area contributed by atoms with E-state index in [-0.39, 0.29) is 5.91 Å². The third kappa shape index (κ3) is 4.07. The molecule has 23 heavy (non-hydrogen) atoms. The summed E-state index contributed by atoms with van der Waals surface area (Å²) in [4.78, 5) is 16.8. The second-order valence-electron chi connectivity index (χ2n) is 4.48. The van der Waals surface area contributed by atoms with Crippen LogP contribution in [0.4, 0.5) is 5.69 Å². The molecular formula is C16H10Cl2N2O2S. The molecule has 0 unspecified atom stereocenters. The molecule has 3 rings (SSSR count). The zero-order chi connectivity index (χ0) is 16.2. The Kier molecular flexibility index (Phi) is 4.91. The number of amidine groups is 1. The molecule has 0 spiro atoms. The molecule has 1 aromatic carbocycles. The van der Waals surface area contributed by atoms with Crippen LogP contribution in [0.2, 0.25) is 10.0 Å². The lowest BCUT2D eigenvalue weighted by molar-refractivity contribution is -0.115. The summed E-state index contributed by atoms with van der Waals surface area (Å²) >= 11 is 13.1. The number of halogens is 2. The molecular weight excluding hydrogens is 355 g/mol. The Hall–Kier alpha value is -1.95. The number of furan rings is 1. The Labute approximate surface area is 146 Å². The van der Waals surface area contributed by atoms with E-state index >= 15 is 0 Å². The van der Waals surface area contributed by atoms with Gasteiger partial charge in [0.05, 0.1) is 26.9 Å². The number of amides is 1. The number of hydrogen-bond donors (Lipinski definition) is 1. The molecule has 0 aliphatic carbocycles. The van der Waals surface area contributed by atoms with E-state index < -0.39 is 0 Å². The van der Waals surface area contributed by atoms with Gasteiger partial charge in [0.25, 0.3) is 5.91 Å². The number of thioether (sulfide) groups is 1. The van der Waals surface area contributed by atoms with Crippen LogP contribution in [0.3, 0.4) is 0 Å². The maximum Gasteiger partial charge on any atom is 0.264 e. The fraction of sp³-hybridized carbons (Fsp3) is 0. The van der Waals surface area contributed by atoms with Crippen molar-refractivity contribution in [2.45, 2.75) is 0 Å². The van der Waals surface area contributed by atoms with E-state index in [1.54, 1.807) is 48.8 Å². The standard InChI is InChI=1S/C16H10Cl2N2O2S/c17-12-7-6-10(9-13(12)18)19-16-20-15(21)14(23-16)5-1-3-11-4-2-8-22-11/h1-9H,(H,19,20,21). The summed E-state index contributed by atoms with van der Waals surface area (Å²) in [5, 5.41) is 4.07. The van der Waals surface area contributed by atoms with Crippen molar-refractivity contribution >= 4 is 57.8 Å².